The number of nitrogens with one attached hydrogen (secondary N) is 1. The first-order chi connectivity index (χ1) is 7.83. The summed E-state index contributed by atoms with van der Waals surface area (Å²) in [5.41, 5.74) is -0.462. The van der Waals surface area contributed by atoms with Crippen molar-refractivity contribution in [3.63, 3.8) is 0 Å². The van der Waals surface area contributed by atoms with Crippen molar-refractivity contribution in [3.05, 3.63) is 11.9 Å². The number of rotatable bonds is 6. The lowest BCUT2D eigenvalue weighted by atomic mass is 9.99. The molecule has 1 aromatic heterocycles. The predicted molar refractivity (Wildman–Crippen MR) is 60.7 cm³/mol. The third-order valence-electron chi connectivity index (χ3n) is 2.72. The highest BCUT2D eigenvalue weighted by Crippen LogP contribution is 2.07. The molecule has 0 aromatic carbocycles. The van der Waals surface area contributed by atoms with E-state index in [1.807, 2.05) is 13.8 Å². The zero-order chi connectivity index (χ0) is 13.1. The molecule has 1 unspecified atom stereocenters. The van der Waals surface area contributed by atoms with Crippen LogP contribution in [0.25, 0.3) is 0 Å². The maximum atomic E-state index is 10.6. The van der Waals surface area contributed by atoms with Gasteiger partial charge in [-0.1, -0.05) is 5.21 Å². The van der Waals surface area contributed by atoms with E-state index in [1.165, 1.54) is 10.9 Å². The van der Waals surface area contributed by atoms with Gasteiger partial charge in [0.15, 0.2) is 5.69 Å². The molecule has 7 nitrogen and oxygen atoms in total. The first-order valence-corrected chi connectivity index (χ1v) is 5.39. The first-order valence-electron chi connectivity index (χ1n) is 5.39. The molecule has 0 fully saturated rings. The molecule has 1 aromatic rings. The van der Waals surface area contributed by atoms with Crippen LogP contribution in [0.4, 0.5) is 0 Å². The van der Waals surface area contributed by atoms with Gasteiger partial charge in [0.2, 0.25) is 0 Å². The van der Waals surface area contributed by atoms with Crippen molar-refractivity contribution in [1.82, 2.24) is 20.3 Å². The van der Waals surface area contributed by atoms with E-state index in [4.69, 9.17) is 5.11 Å². The Bertz CT molecular complexity index is 387. The summed E-state index contributed by atoms with van der Waals surface area (Å²) in [5.74, 6) is -1.09. The highest BCUT2D eigenvalue weighted by molar-refractivity contribution is 5.84. The van der Waals surface area contributed by atoms with Crippen molar-refractivity contribution in [2.75, 3.05) is 6.54 Å². The molecule has 0 aliphatic carbocycles. The van der Waals surface area contributed by atoms with E-state index in [1.54, 1.807) is 6.92 Å². The minimum Gasteiger partial charge on any atom is -0.476 e. The number of hydrogen-bond donors (Lipinski definition) is 3. The van der Waals surface area contributed by atoms with Crippen molar-refractivity contribution >= 4 is 5.97 Å². The Hall–Kier alpha value is -1.47. The van der Waals surface area contributed by atoms with Crippen LogP contribution in [0.15, 0.2) is 6.20 Å². The fraction of sp³-hybridized carbons (Fsp3) is 0.700. The summed E-state index contributed by atoms with van der Waals surface area (Å²) >= 11 is 0. The molecule has 1 heterocycles. The molecule has 17 heavy (non-hydrogen) atoms. The van der Waals surface area contributed by atoms with Crippen LogP contribution >= 0.6 is 0 Å². The maximum Gasteiger partial charge on any atom is 0.358 e. The standard InChI is InChI=1S/C10H18N4O3/c1-7(15)10(2,3)11-4-5-14-6-8(9(16)17)12-13-14/h6-7,11,15H,4-5H2,1-3H3,(H,16,17). The van der Waals surface area contributed by atoms with Crippen LogP contribution in [-0.2, 0) is 6.54 Å². The number of carboxylic acids is 1. The summed E-state index contributed by atoms with van der Waals surface area (Å²) < 4.78 is 1.45. The van der Waals surface area contributed by atoms with Gasteiger partial charge < -0.3 is 15.5 Å². The smallest absolute Gasteiger partial charge is 0.358 e. The Balaban J connectivity index is 2.43. The number of hydrogen-bond acceptors (Lipinski definition) is 5. The highest BCUT2D eigenvalue weighted by Gasteiger charge is 2.22. The monoisotopic (exact) mass is 242 g/mol. The molecule has 0 amide bonds. The maximum absolute atomic E-state index is 10.6. The second-order valence-corrected chi connectivity index (χ2v) is 4.50. The van der Waals surface area contributed by atoms with E-state index in [9.17, 15) is 9.90 Å². The molecule has 7 heteroatoms. The zero-order valence-corrected chi connectivity index (χ0v) is 10.2. The fourth-order valence-corrected chi connectivity index (χ4v) is 1.15. The number of aliphatic hydroxyl groups is 1. The fourth-order valence-electron chi connectivity index (χ4n) is 1.15. The average Bonchev–Trinajstić information content (AvgIpc) is 2.66. The molecule has 0 spiro atoms. The van der Waals surface area contributed by atoms with Crippen molar-refractivity contribution < 1.29 is 15.0 Å². The summed E-state index contributed by atoms with van der Waals surface area (Å²) in [7, 11) is 0. The molecule has 0 aliphatic rings. The van der Waals surface area contributed by atoms with Crippen molar-refractivity contribution in [2.24, 2.45) is 0 Å². The number of carboxylic acid groups (broad SMARTS) is 1. The quantitative estimate of drug-likeness (QED) is 0.634. The summed E-state index contributed by atoms with van der Waals surface area (Å²) in [6, 6.07) is 0. The number of nitrogens with zero attached hydrogens (tertiary/aromatic N) is 3. The van der Waals surface area contributed by atoms with Crippen LogP contribution in [0.2, 0.25) is 0 Å². The number of aromatic nitrogens is 3. The summed E-state index contributed by atoms with van der Waals surface area (Å²) in [6.07, 6.45) is 0.896. The Morgan fingerprint density at radius 3 is 2.76 bits per heavy atom. The Morgan fingerprint density at radius 1 is 1.65 bits per heavy atom. The third kappa shape index (κ3) is 3.79. The normalized spacial score (nSPS) is 13.6. The molecular weight excluding hydrogens is 224 g/mol. The molecular formula is C10H18N4O3. The molecule has 0 bridgehead atoms. The lowest BCUT2D eigenvalue weighted by Crippen LogP contribution is -2.49. The lowest BCUT2D eigenvalue weighted by molar-refractivity contribution is 0.0690. The van der Waals surface area contributed by atoms with E-state index in [2.05, 4.69) is 15.6 Å². The van der Waals surface area contributed by atoms with E-state index in [0.717, 1.165) is 0 Å². The van der Waals surface area contributed by atoms with Crippen LogP contribution in [-0.4, -0.2) is 49.4 Å². The van der Waals surface area contributed by atoms with Crippen LogP contribution in [0.3, 0.4) is 0 Å². The first kappa shape index (κ1) is 13.6. The van der Waals surface area contributed by atoms with E-state index in [0.29, 0.717) is 13.1 Å². The SMILES string of the molecule is CC(O)C(C)(C)NCCn1cc(C(=O)O)nn1. The van der Waals surface area contributed by atoms with Crippen molar-refractivity contribution in [1.29, 1.82) is 0 Å². The van der Waals surface area contributed by atoms with Crippen LogP contribution in [0, 0.1) is 0 Å². The van der Waals surface area contributed by atoms with Crippen LogP contribution < -0.4 is 5.32 Å². The topological polar surface area (TPSA) is 100 Å². The molecule has 0 radical (unpaired) electrons. The van der Waals surface area contributed by atoms with E-state index in [-0.39, 0.29) is 5.69 Å². The van der Waals surface area contributed by atoms with Gasteiger partial charge in [-0.25, -0.2) is 4.79 Å². The molecule has 0 aliphatic heterocycles. The third-order valence-corrected chi connectivity index (χ3v) is 2.72. The van der Waals surface area contributed by atoms with Crippen LogP contribution in [0.5, 0.6) is 0 Å². The number of aromatic carboxylic acids is 1. The number of aliphatic hydroxyl groups excluding tert-OH is 1. The molecule has 1 rings (SSSR count). The Labute approximate surface area is 99.4 Å². The molecule has 0 saturated carbocycles. The van der Waals surface area contributed by atoms with Gasteiger partial charge in [-0.05, 0) is 20.8 Å². The molecule has 96 valence electrons. The van der Waals surface area contributed by atoms with Gasteiger partial charge in [0, 0.05) is 12.1 Å². The minimum absolute atomic E-state index is 0.0696. The molecule has 3 N–H and O–H groups in total. The van der Waals surface area contributed by atoms with E-state index < -0.39 is 17.6 Å². The van der Waals surface area contributed by atoms with Gasteiger partial charge in [0.05, 0.1) is 18.8 Å². The van der Waals surface area contributed by atoms with Gasteiger partial charge in [0.25, 0.3) is 0 Å². The van der Waals surface area contributed by atoms with Gasteiger partial charge in [-0.3, -0.25) is 4.68 Å². The van der Waals surface area contributed by atoms with Gasteiger partial charge in [0.1, 0.15) is 0 Å². The summed E-state index contributed by atoms with van der Waals surface area (Å²) in [5, 5.41) is 28.5. The van der Waals surface area contributed by atoms with Gasteiger partial charge >= 0.3 is 5.97 Å². The highest BCUT2D eigenvalue weighted by atomic mass is 16.4. The average molecular weight is 242 g/mol. The Kier molecular flexibility index (Phi) is 4.19. The second kappa shape index (κ2) is 5.24. The van der Waals surface area contributed by atoms with Crippen LogP contribution in [0.1, 0.15) is 31.3 Å². The minimum atomic E-state index is -1.09. The van der Waals surface area contributed by atoms with Gasteiger partial charge in [-0.15, -0.1) is 5.10 Å². The zero-order valence-electron chi connectivity index (χ0n) is 10.2. The lowest BCUT2D eigenvalue weighted by Gasteiger charge is -2.29. The summed E-state index contributed by atoms with van der Waals surface area (Å²) in [6.45, 7) is 6.56. The predicted octanol–water partition coefficient (Wildman–Crippen LogP) is -0.275. The molecule has 1 atom stereocenters. The second-order valence-electron chi connectivity index (χ2n) is 4.50. The summed E-state index contributed by atoms with van der Waals surface area (Å²) in [4.78, 5) is 10.6. The number of carbonyl (C=O) groups is 1. The van der Waals surface area contributed by atoms with E-state index >= 15 is 0 Å². The molecule has 0 saturated heterocycles. The Morgan fingerprint density at radius 2 is 2.29 bits per heavy atom. The van der Waals surface area contributed by atoms with Gasteiger partial charge in [-0.2, -0.15) is 0 Å². The van der Waals surface area contributed by atoms with Crippen molar-refractivity contribution in [3.8, 4) is 0 Å². The largest absolute Gasteiger partial charge is 0.476 e. The van der Waals surface area contributed by atoms with Crippen molar-refractivity contribution in [2.45, 2.75) is 39.0 Å².